The predicted molar refractivity (Wildman–Crippen MR) is 153 cm³/mol. The first kappa shape index (κ1) is 32.9. The Balaban J connectivity index is 1.92. The largest absolute Gasteiger partial charge is 0.462 e. The van der Waals surface area contributed by atoms with Crippen LogP contribution in [-0.4, -0.2) is 81.7 Å². The lowest BCUT2D eigenvalue weighted by atomic mass is 9.94. The molecule has 0 aliphatic carbocycles. The van der Waals surface area contributed by atoms with Crippen LogP contribution < -0.4 is 0 Å². The van der Waals surface area contributed by atoms with E-state index in [0.29, 0.717) is 6.42 Å². The predicted octanol–water partition coefficient (Wildman–Crippen LogP) is 2.75. The second-order valence-corrected chi connectivity index (χ2v) is 11.6. The van der Waals surface area contributed by atoms with E-state index in [9.17, 15) is 24.3 Å². The highest BCUT2D eigenvalue weighted by atomic mass is 127. The van der Waals surface area contributed by atoms with E-state index in [-0.39, 0.29) is 19.6 Å². The molecule has 224 valence electrons. The minimum absolute atomic E-state index is 0.0290. The van der Waals surface area contributed by atoms with Gasteiger partial charge in [-0.1, -0.05) is 36.4 Å². The van der Waals surface area contributed by atoms with Crippen molar-refractivity contribution in [1.82, 2.24) is 0 Å². The summed E-state index contributed by atoms with van der Waals surface area (Å²) in [5.74, 6) is -2.36. The van der Waals surface area contributed by atoms with Crippen LogP contribution in [0.2, 0.25) is 0 Å². The lowest BCUT2D eigenvalue weighted by Gasteiger charge is -2.37. The third kappa shape index (κ3) is 9.43. The Morgan fingerprint density at radius 2 is 1.80 bits per heavy atom. The molecular formula is C29H35IO11. The fraction of sp³-hybridized carbons (Fsp3) is 0.517. The molecule has 2 aliphatic heterocycles. The van der Waals surface area contributed by atoms with Gasteiger partial charge in [0.05, 0.1) is 12.7 Å². The van der Waals surface area contributed by atoms with E-state index in [0.717, 1.165) is 5.56 Å². The summed E-state index contributed by atoms with van der Waals surface area (Å²) < 4.78 is 33.4. The number of ether oxygens (including phenoxy) is 6. The minimum Gasteiger partial charge on any atom is -0.462 e. The molecule has 3 rings (SSSR count). The van der Waals surface area contributed by atoms with E-state index in [2.05, 4.69) is 6.58 Å². The first-order valence-electron chi connectivity index (χ1n) is 13.1. The first-order valence-corrected chi connectivity index (χ1v) is 14.2. The summed E-state index contributed by atoms with van der Waals surface area (Å²) in [5.41, 5.74) is 0.824. The number of hydrogen-bond acceptors (Lipinski definition) is 11. The molecule has 0 aromatic heterocycles. The van der Waals surface area contributed by atoms with Gasteiger partial charge in [0.25, 0.3) is 0 Å². The van der Waals surface area contributed by atoms with E-state index in [4.69, 9.17) is 28.4 Å². The van der Waals surface area contributed by atoms with Crippen molar-refractivity contribution in [2.45, 2.75) is 86.6 Å². The highest BCUT2D eigenvalue weighted by Gasteiger charge is 2.54. The molecule has 1 N–H and O–H groups in total. The second kappa shape index (κ2) is 15.0. The normalized spacial score (nSPS) is 28.9. The molecule has 41 heavy (non-hydrogen) atoms. The number of carbonyl (C=O) groups is 4. The Bertz CT molecular complexity index is 1120. The Morgan fingerprint density at radius 1 is 1.12 bits per heavy atom. The number of benzene rings is 1. The van der Waals surface area contributed by atoms with Crippen LogP contribution in [0.3, 0.4) is 0 Å². The van der Waals surface area contributed by atoms with Crippen molar-refractivity contribution in [2.75, 3.05) is 6.61 Å². The maximum absolute atomic E-state index is 13.0. The third-order valence-corrected chi connectivity index (χ3v) is 7.46. The quantitative estimate of drug-likeness (QED) is 0.108. The number of aliphatic hydroxyl groups is 1. The molecule has 0 amide bonds. The number of hydrogen-bond donors (Lipinski definition) is 1. The number of carbonyl (C=O) groups excluding carboxylic acids is 4. The van der Waals surface area contributed by atoms with Crippen LogP contribution in [0, 0.1) is 0 Å². The molecule has 11 nitrogen and oxygen atoms in total. The molecule has 12 heteroatoms. The lowest BCUT2D eigenvalue weighted by molar-refractivity contribution is -0.184. The number of aliphatic hydroxyl groups excluding tert-OH is 1. The molecule has 0 bridgehead atoms. The zero-order chi connectivity index (χ0) is 30.2. The van der Waals surface area contributed by atoms with E-state index in [1.165, 1.54) is 26.8 Å². The molecule has 0 unspecified atom stereocenters. The molecule has 1 saturated heterocycles. The van der Waals surface area contributed by atoms with Gasteiger partial charge in [-0.05, 0) is 40.3 Å². The summed E-state index contributed by atoms with van der Waals surface area (Å²) >= 11 is 2.03. The minimum atomic E-state index is -1.38. The molecular weight excluding hydrogens is 651 g/mol. The van der Waals surface area contributed by atoms with Crippen molar-refractivity contribution in [1.29, 1.82) is 0 Å². The fourth-order valence-corrected chi connectivity index (χ4v) is 5.46. The highest BCUT2D eigenvalue weighted by molar-refractivity contribution is 14.1. The number of esters is 3. The third-order valence-electron chi connectivity index (χ3n) is 6.40. The SMILES string of the molecule is C=CC[C@]1(I)C=CC(=O)[C@@H]([C@@H](OC(C)=O)[C@@H]2O[C@H](C[C@H](COC(C)=O)OC(C)=O)[C@H](OCc3ccccc3)[C@H]2O)O1. The highest BCUT2D eigenvalue weighted by Crippen LogP contribution is 2.38. The van der Waals surface area contributed by atoms with Crippen molar-refractivity contribution in [3.8, 4) is 0 Å². The van der Waals surface area contributed by atoms with Gasteiger partial charge in [-0.25, -0.2) is 0 Å². The summed E-state index contributed by atoms with van der Waals surface area (Å²) in [7, 11) is 0. The number of alkyl halides is 1. The van der Waals surface area contributed by atoms with Crippen molar-refractivity contribution >= 4 is 46.3 Å². The lowest BCUT2D eigenvalue weighted by Crippen LogP contribution is -2.54. The summed E-state index contributed by atoms with van der Waals surface area (Å²) in [5, 5.41) is 11.5. The maximum Gasteiger partial charge on any atom is 0.303 e. The molecule has 2 aliphatic rings. The Labute approximate surface area is 252 Å². The standard InChI is InChI=1S/C29H35IO11/c1-5-12-29(30)13-11-22(34)25(41-29)28(39-19(4)33)27-24(35)26(37-15-20-9-7-6-8-10-20)23(40-27)14-21(38-18(3)32)16-36-17(2)31/h5-11,13,21,23-28,35H,1,12,14-16H2,2-4H3/t21-,23-,24-,25+,26+,27-,28-,29-/m1/s1. The molecule has 1 fully saturated rings. The van der Waals surface area contributed by atoms with Crippen LogP contribution in [-0.2, 0) is 54.2 Å². The molecule has 0 radical (unpaired) electrons. The second-order valence-electron chi connectivity index (χ2n) is 9.79. The van der Waals surface area contributed by atoms with Crippen LogP contribution in [0.25, 0.3) is 0 Å². The van der Waals surface area contributed by atoms with Crippen molar-refractivity contribution in [2.24, 2.45) is 0 Å². The zero-order valence-corrected chi connectivity index (χ0v) is 25.3. The van der Waals surface area contributed by atoms with Crippen LogP contribution in [0.5, 0.6) is 0 Å². The van der Waals surface area contributed by atoms with Crippen molar-refractivity contribution in [3.63, 3.8) is 0 Å². The van der Waals surface area contributed by atoms with Gasteiger partial charge in [0, 0.05) is 33.6 Å². The van der Waals surface area contributed by atoms with E-state index < -0.39 is 70.0 Å². The Morgan fingerprint density at radius 3 is 2.41 bits per heavy atom. The number of halogens is 1. The molecule has 0 spiro atoms. The van der Waals surface area contributed by atoms with E-state index in [1.807, 2.05) is 52.9 Å². The number of ketones is 1. The summed E-state index contributed by atoms with van der Waals surface area (Å²) in [6, 6.07) is 9.23. The fourth-order valence-electron chi connectivity index (χ4n) is 4.70. The van der Waals surface area contributed by atoms with Crippen LogP contribution in [0.4, 0.5) is 0 Å². The van der Waals surface area contributed by atoms with Gasteiger partial charge >= 0.3 is 17.9 Å². The van der Waals surface area contributed by atoms with Gasteiger partial charge in [-0.2, -0.15) is 0 Å². The molecule has 1 aromatic carbocycles. The molecule has 2 heterocycles. The van der Waals surface area contributed by atoms with Gasteiger partial charge < -0.3 is 33.5 Å². The van der Waals surface area contributed by atoms with Crippen molar-refractivity contribution < 1.29 is 52.7 Å². The topological polar surface area (TPSA) is 144 Å². The average Bonchev–Trinajstić information content (AvgIpc) is 3.21. The monoisotopic (exact) mass is 686 g/mol. The summed E-state index contributed by atoms with van der Waals surface area (Å²) in [6.45, 7) is 7.20. The van der Waals surface area contributed by atoms with Crippen LogP contribution in [0.15, 0.2) is 55.1 Å². The van der Waals surface area contributed by atoms with E-state index in [1.54, 1.807) is 12.2 Å². The van der Waals surface area contributed by atoms with E-state index >= 15 is 0 Å². The van der Waals surface area contributed by atoms with Crippen molar-refractivity contribution in [3.05, 3.63) is 60.7 Å². The van der Waals surface area contributed by atoms with Crippen LogP contribution >= 0.6 is 22.6 Å². The van der Waals surface area contributed by atoms with Gasteiger partial charge in [0.15, 0.2) is 18.0 Å². The average molecular weight is 686 g/mol. The zero-order valence-electron chi connectivity index (χ0n) is 23.1. The molecule has 0 saturated carbocycles. The summed E-state index contributed by atoms with van der Waals surface area (Å²) in [4.78, 5) is 48.4. The smallest absolute Gasteiger partial charge is 0.303 e. The number of rotatable bonds is 13. The first-order chi connectivity index (χ1) is 19.4. The Hall–Kier alpha value is -2.65. The Kier molecular flexibility index (Phi) is 12.0. The van der Waals surface area contributed by atoms with Gasteiger partial charge in [-0.3, -0.25) is 19.2 Å². The van der Waals surface area contributed by atoms with Gasteiger partial charge in [-0.15, -0.1) is 6.58 Å². The van der Waals surface area contributed by atoms with Gasteiger partial charge in [0.1, 0.15) is 34.6 Å². The molecule has 8 atom stereocenters. The van der Waals surface area contributed by atoms with Gasteiger partial charge in [0.2, 0.25) is 0 Å². The maximum atomic E-state index is 13.0. The van der Waals surface area contributed by atoms with Crippen LogP contribution in [0.1, 0.15) is 39.2 Å². The summed E-state index contributed by atoms with van der Waals surface area (Å²) in [6.07, 6.45) is -3.20. The molecule has 1 aromatic rings.